The average molecular weight is 245 g/mol. The summed E-state index contributed by atoms with van der Waals surface area (Å²) in [6.07, 6.45) is -0.246. The first kappa shape index (κ1) is 11.9. The van der Waals surface area contributed by atoms with Gasteiger partial charge >= 0.3 is 0 Å². The number of hydrogen-bond donors (Lipinski definition) is 1. The lowest BCUT2D eigenvalue weighted by molar-refractivity contribution is 0.0759. The lowest BCUT2D eigenvalue weighted by Gasteiger charge is -2.15. The first-order chi connectivity index (χ1) is 7.99. The Bertz CT molecular complexity index is 464. The van der Waals surface area contributed by atoms with Crippen LogP contribution in [0.3, 0.4) is 0 Å². The number of benzene rings is 1. The molecule has 0 spiro atoms. The molecule has 6 heteroatoms. The van der Waals surface area contributed by atoms with E-state index in [0.717, 1.165) is 0 Å². The fourth-order valence-corrected chi connectivity index (χ4v) is 1.78. The molecule has 1 heterocycles. The number of amides is 1. The SMILES string of the molecule is O=C(c1cc(F)c(F)cc1F)N1CC[C@@H](O)C1. The van der Waals surface area contributed by atoms with Crippen molar-refractivity contribution in [1.82, 2.24) is 4.90 Å². The average Bonchev–Trinajstić information content (AvgIpc) is 2.69. The summed E-state index contributed by atoms with van der Waals surface area (Å²) < 4.78 is 38.9. The van der Waals surface area contributed by atoms with Crippen LogP contribution in [0.5, 0.6) is 0 Å². The number of rotatable bonds is 1. The predicted octanol–water partition coefficient (Wildman–Crippen LogP) is 1.31. The molecule has 1 fully saturated rings. The third kappa shape index (κ3) is 2.26. The molecule has 1 atom stereocenters. The van der Waals surface area contributed by atoms with Crippen molar-refractivity contribution >= 4 is 5.91 Å². The van der Waals surface area contributed by atoms with Crippen LogP contribution in [0.15, 0.2) is 12.1 Å². The Morgan fingerprint density at radius 2 is 1.88 bits per heavy atom. The zero-order valence-electron chi connectivity index (χ0n) is 8.79. The van der Waals surface area contributed by atoms with Crippen molar-refractivity contribution in [3.8, 4) is 0 Å². The minimum atomic E-state index is -1.33. The van der Waals surface area contributed by atoms with E-state index >= 15 is 0 Å². The van der Waals surface area contributed by atoms with Gasteiger partial charge in [0.25, 0.3) is 5.91 Å². The van der Waals surface area contributed by atoms with Crippen molar-refractivity contribution in [2.24, 2.45) is 0 Å². The largest absolute Gasteiger partial charge is 0.391 e. The van der Waals surface area contributed by atoms with Crippen LogP contribution in [0, 0.1) is 17.5 Å². The summed E-state index contributed by atoms with van der Waals surface area (Å²) in [4.78, 5) is 13.0. The van der Waals surface area contributed by atoms with E-state index in [0.29, 0.717) is 18.6 Å². The van der Waals surface area contributed by atoms with Crippen LogP contribution < -0.4 is 0 Å². The third-order valence-corrected chi connectivity index (χ3v) is 2.69. The first-order valence-electron chi connectivity index (χ1n) is 5.11. The van der Waals surface area contributed by atoms with Gasteiger partial charge in [-0.3, -0.25) is 4.79 Å². The summed E-state index contributed by atoms with van der Waals surface area (Å²) in [7, 11) is 0. The molecule has 17 heavy (non-hydrogen) atoms. The summed E-state index contributed by atoms with van der Waals surface area (Å²) in [5.74, 6) is -4.44. The van der Waals surface area contributed by atoms with Gasteiger partial charge in [-0.15, -0.1) is 0 Å². The maximum absolute atomic E-state index is 13.3. The van der Waals surface area contributed by atoms with E-state index < -0.39 is 35.0 Å². The Balaban J connectivity index is 2.28. The van der Waals surface area contributed by atoms with Gasteiger partial charge in [0.2, 0.25) is 0 Å². The number of carbonyl (C=O) groups is 1. The highest BCUT2D eigenvalue weighted by atomic mass is 19.2. The summed E-state index contributed by atoms with van der Waals surface area (Å²) in [5.41, 5.74) is -0.516. The van der Waals surface area contributed by atoms with E-state index in [9.17, 15) is 23.1 Å². The van der Waals surface area contributed by atoms with Gasteiger partial charge in [-0.1, -0.05) is 0 Å². The molecule has 1 saturated heterocycles. The monoisotopic (exact) mass is 245 g/mol. The molecule has 1 aliphatic rings. The Kier molecular flexibility index (Phi) is 3.06. The maximum atomic E-state index is 13.3. The van der Waals surface area contributed by atoms with Crippen LogP contribution in [0.25, 0.3) is 0 Å². The molecule has 1 amide bonds. The van der Waals surface area contributed by atoms with E-state index in [1.165, 1.54) is 4.90 Å². The Morgan fingerprint density at radius 3 is 2.47 bits per heavy atom. The van der Waals surface area contributed by atoms with Gasteiger partial charge in [0.15, 0.2) is 11.6 Å². The Morgan fingerprint density at radius 1 is 1.24 bits per heavy atom. The lowest BCUT2D eigenvalue weighted by Crippen LogP contribution is -2.30. The zero-order valence-corrected chi connectivity index (χ0v) is 8.79. The molecule has 0 aliphatic carbocycles. The van der Waals surface area contributed by atoms with Crippen LogP contribution in [-0.2, 0) is 0 Å². The summed E-state index contributed by atoms with van der Waals surface area (Å²) in [6, 6.07) is 0.882. The van der Waals surface area contributed by atoms with Crippen LogP contribution in [0.1, 0.15) is 16.8 Å². The number of halogens is 3. The number of carbonyl (C=O) groups excluding carboxylic acids is 1. The fraction of sp³-hybridized carbons (Fsp3) is 0.364. The lowest BCUT2D eigenvalue weighted by atomic mass is 10.1. The van der Waals surface area contributed by atoms with E-state index in [1.807, 2.05) is 0 Å². The quantitative estimate of drug-likeness (QED) is 0.758. The second-order valence-corrected chi connectivity index (χ2v) is 3.94. The van der Waals surface area contributed by atoms with Crippen LogP contribution in [-0.4, -0.2) is 35.1 Å². The highest BCUT2D eigenvalue weighted by Crippen LogP contribution is 2.18. The van der Waals surface area contributed by atoms with Gasteiger partial charge in [-0.25, -0.2) is 13.2 Å². The molecule has 92 valence electrons. The Labute approximate surface area is 95.5 Å². The summed E-state index contributed by atoms with van der Waals surface area (Å²) in [5, 5.41) is 9.24. The van der Waals surface area contributed by atoms with E-state index in [2.05, 4.69) is 0 Å². The molecule has 0 aromatic heterocycles. The summed E-state index contributed by atoms with van der Waals surface area (Å²) in [6.45, 7) is 0.357. The van der Waals surface area contributed by atoms with Gasteiger partial charge in [0.05, 0.1) is 11.7 Å². The molecule has 0 bridgehead atoms. The molecule has 3 nitrogen and oxygen atoms in total. The van der Waals surface area contributed by atoms with Crippen molar-refractivity contribution in [1.29, 1.82) is 0 Å². The molecule has 0 radical (unpaired) electrons. The number of likely N-dealkylation sites (tertiary alicyclic amines) is 1. The molecule has 2 rings (SSSR count). The normalized spacial score (nSPS) is 19.8. The number of hydrogen-bond acceptors (Lipinski definition) is 2. The standard InChI is InChI=1S/C11H10F3NO2/c12-8-4-10(14)9(13)3-7(8)11(17)15-2-1-6(16)5-15/h3-4,6,16H,1-2,5H2/t6-/m1/s1. The molecular weight excluding hydrogens is 235 g/mol. The summed E-state index contributed by atoms with van der Waals surface area (Å²) >= 11 is 0. The van der Waals surface area contributed by atoms with Crippen molar-refractivity contribution in [3.63, 3.8) is 0 Å². The van der Waals surface area contributed by atoms with Gasteiger partial charge < -0.3 is 10.0 Å². The second-order valence-electron chi connectivity index (χ2n) is 3.94. The minimum absolute atomic E-state index is 0.0806. The Hall–Kier alpha value is -1.56. The van der Waals surface area contributed by atoms with E-state index in [1.54, 1.807) is 0 Å². The first-order valence-corrected chi connectivity index (χ1v) is 5.11. The van der Waals surface area contributed by atoms with Gasteiger partial charge in [-0.2, -0.15) is 0 Å². The number of nitrogens with zero attached hydrogens (tertiary/aromatic N) is 1. The topological polar surface area (TPSA) is 40.5 Å². The highest BCUT2D eigenvalue weighted by molar-refractivity contribution is 5.94. The molecule has 0 saturated carbocycles. The van der Waals surface area contributed by atoms with Gasteiger partial charge in [-0.05, 0) is 12.5 Å². The smallest absolute Gasteiger partial charge is 0.257 e. The van der Waals surface area contributed by atoms with E-state index in [-0.39, 0.29) is 13.1 Å². The predicted molar refractivity (Wildman–Crippen MR) is 52.8 cm³/mol. The number of β-amino-alcohol motifs (C(OH)–C–C–N with tert-alkyl or cyclic N) is 1. The molecular formula is C11H10F3NO2. The number of aliphatic hydroxyl groups is 1. The molecule has 1 N–H and O–H groups in total. The third-order valence-electron chi connectivity index (χ3n) is 2.69. The van der Waals surface area contributed by atoms with Crippen LogP contribution >= 0.6 is 0 Å². The molecule has 1 aliphatic heterocycles. The molecule has 0 unspecified atom stereocenters. The van der Waals surface area contributed by atoms with Crippen LogP contribution in [0.2, 0.25) is 0 Å². The molecule has 1 aromatic rings. The van der Waals surface area contributed by atoms with Crippen LogP contribution in [0.4, 0.5) is 13.2 Å². The zero-order chi connectivity index (χ0) is 12.6. The van der Waals surface area contributed by atoms with Crippen molar-refractivity contribution in [2.75, 3.05) is 13.1 Å². The van der Waals surface area contributed by atoms with E-state index in [4.69, 9.17) is 0 Å². The fourth-order valence-electron chi connectivity index (χ4n) is 1.78. The maximum Gasteiger partial charge on any atom is 0.257 e. The van der Waals surface area contributed by atoms with Gasteiger partial charge in [0.1, 0.15) is 5.82 Å². The van der Waals surface area contributed by atoms with Crippen molar-refractivity contribution in [2.45, 2.75) is 12.5 Å². The minimum Gasteiger partial charge on any atom is -0.391 e. The number of aliphatic hydroxyl groups excluding tert-OH is 1. The molecule has 1 aromatic carbocycles. The van der Waals surface area contributed by atoms with Crippen molar-refractivity contribution in [3.05, 3.63) is 35.1 Å². The highest BCUT2D eigenvalue weighted by Gasteiger charge is 2.27. The van der Waals surface area contributed by atoms with Gasteiger partial charge in [0, 0.05) is 19.2 Å². The second kappa shape index (κ2) is 4.37. The van der Waals surface area contributed by atoms with Crippen molar-refractivity contribution < 1.29 is 23.1 Å².